The Bertz CT molecular complexity index is 1260. The third-order valence-corrected chi connectivity index (χ3v) is 5.47. The van der Waals surface area contributed by atoms with Crippen LogP contribution in [-0.2, 0) is 33.5 Å². The summed E-state index contributed by atoms with van der Waals surface area (Å²) in [5.74, 6) is -1.16. The Morgan fingerprint density at radius 3 is 2.51 bits per heavy atom. The van der Waals surface area contributed by atoms with Crippen molar-refractivity contribution in [3.63, 3.8) is 0 Å². The van der Waals surface area contributed by atoms with E-state index in [1.54, 1.807) is 24.3 Å². The van der Waals surface area contributed by atoms with Gasteiger partial charge in [-0.2, -0.15) is 13.2 Å². The van der Waals surface area contributed by atoms with Gasteiger partial charge in [-0.05, 0) is 37.1 Å². The van der Waals surface area contributed by atoms with Crippen LogP contribution in [0.15, 0.2) is 53.3 Å². The zero-order valence-corrected chi connectivity index (χ0v) is 19.4. The molecule has 0 saturated heterocycles. The van der Waals surface area contributed by atoms with Crippen molar-refractivity contribution in [2.24, 2.45) is 0 Å². The lowest BCUT2D eigenvalue weighted by molar-refractivity contribution is -0.148. The fraction of sp³-hybridized carbons (Fsp3) is 0.360. The van der Waals surface area contributed by atoms with E-state index in [1.165, 1.54) is 10.6 Å². The Hall–Kier alpha value is -3.69. The van der Waals surface area contributed by atoms with Gasteiger partial charge in [0.2, 0.25) is 0 Å². The molecule has 1 heterocycles. The minimum absolute atomic E-state index is 0.00773. The van der Waals surface area contributed by atoms with Crippen molar-refractivity contribution in [2.75, 3.05) is 6.61 Å². The monoisotopic (exact) mass is 489 g/mol. The average Bonchev–Trinajstić information content (AvgIpc) is 2.83. The number of alkyl halides is 3. The summed E-state index contributed by atoms with van der Waals surface area (Å²) in [5.41, 5.74) is -0.441. The molecule has 1 N–H and O–H groups in total. The van der Waals surface area contributed by atoms with Crippen LogP contribution in [0.1, 0.15) is 43.5 Å². The molecule has 0 aliphatic heterocycles. The molecule has 1 aromatic heterocycles. The van der Waals surface area contributed by atoms with Crippen molar-refractivity contribution in [2.45, 2.75) is 51.9 Å². The summed E-state index contributed by atoms with van der Waals surface area (Å²) in [5, 5.41) is 2.66. The van der Waals surface area contributed by atoms with Gasteiger partial charge in [0.05, 0.1) is 29.6 Å². The minimum atomic E-state index is -4.57. The van der Waals surface area contributed by atoms with Crippen LogP contribution in [0.25, 0.3) is 11.0 Å². The second-order valence-corrected chi connectivity index (χ2v) is 8.17. The van der Waals surface area contributed by atoms with Crippen LogP contribution in [0.5, 0.6) is 0 Å². The number of nitrogens with one attached hydrogen (secondary N) is 1. The quantitative estimate of drug-likeness (QED) is 0.461. The van der Waals surface area contributed by atoms with E-state index in [1.807, 2.05) is 19.9 Å². The number of fused-ring (bicyclic) bond motifs is 1. The Morgan fingerprint density at radius 2 is 1.86 bits per heavy atom. The molecule has 1 atom stereocenters. The van der Waals surface area contributed by atoms with Crippen molar-refractivity contribution in [3.05, 3.63) is 75.7 Å². The van der Waals surface area contributed by atoms with E-state index in [9.17, 15) is 27.6 Å². The van der Waals surface area contributed by atoms with Crippen LogP contribution < -0.4 is 10.9 Å². The standard InChI is InChI=1S/C25H26F3N3O4/c1-3-16(2)29-22(32)15-35-23(33)12-10-19-24(34)31(14-17-7-5-4-6-8-17)21-11-9-18(25(26,27)28)13-20(21)30-19/h4-9,11,13,16H,3,10,12,14-15H2,1-2H3,(H,29,32). The lowest BCUT2D eigenvalue weighted by Gasteiger charge is -2.14. The highest BCUT2D eigenvalue weighted by Crippen LogP contribution is 2.31. The van der Waals surface area contributed by atoms with Gasteiger partial charge in [-0.1, -0.05) is 37.3 Å². The number of carbonyl (C=O) groups excluding carboxylic acids is 2. The van der Waals surface area contributed by atoms with Crippen molar-refractivity contribution in [1.82, 2.24) is 14.9 Å². The molecule has 35 heavy (non-hydrogen) atoms. The van der Waals surface area contributed by atoms with Gasteiger partial charge in [0.15, 0.2) is 6.61 Å². The van der Waals surface area contributed by atoms with Crippen LogP contribution in [0.3, 0.4) is 0 Å². The molecule has 2 aromatic carbocycles. The fourth-order valence-electron chi connectivity index (χ4n) is 3.42. The topological polar surface area (TPSA) is 90.3 Å². The molecule has 0 bridgehead atoms. The number of benzene rings is 2. The number of aromatic nitrogens is 2. The van der Waals surface area contributed by atoms with E-state index >= 15 is 0 Å². The van der Waals surface area contributed by atoms with Crippen molar-refractivity contribution in [1.29, 1.82) is 0 Å². The Morgan fingerprint density at radius 1 is 1.14 bits per heavy atom. The second kappa shape index (κ2) is 11.2. The molecule has 3 aromatic rings. The average molecular weight is 489 g/mol. The molecule has 0 aliphatic carbocycles. The number of amides is 1. The van der Waals surface area contributed by atoms with E-state index < -0.39 is 35.8 Å². The van der Waals surface area contributed by atoms with Gasteiger partial charge in [-0.15, -0.1) is 0 Å². The van der Waals surface area contributed by atoms with Crippen LogP contribution in [0.4, 0.5) is 13.2 Å². The number of aryl methyl sites for hydroxylation is 1. The maximum absolute atomic E-state index is 13.3. The van der Waals surface area contributed by atoms with Gasteiger partial charge in [-0.25, -0.2) is 4.98 Å². The summed E-state index contributed by atoms with van der Waals surface area (Å²) in [6, 6.07) is 11.9. The van der Waals surface area contributed by atoms with Crippen LogP contribution in [0, 0.1) is 0 Å². The van der Waals surface area contributed by atoms with E-state index in [2.05, 4.69) is 10.3 Å². The molecule has 186 valence electrons. The number of nitrogens with zero attached hydrogens (tertiary/aromatic N) is 2. The second-order valence-electron chi connectivity index (χ2n) is 8.17. The largest absolute Gasteiger partial charge is 0.456 e. The molecule has 0 radical (unpaired) electrons. The number of rotatable bonds is 9. The number of halogens is 3. The Kier molecular flexibility index (Phi) is 8.26. The van der Waals surface area contributed by atoms with Crippen LogP contribution in [-0.4, -0.2) is 34.1 Å². The zero-order valence-electron chi connectivity index (χ0n) is 19.4. The van der Waals surface area contributed by atoms with Crippen LogP contribution >= 0.6 is 0 Å². The van der Waals surface area contributed by atoms with Crippen molar-refractivity contribution < 1.29 is 27.5 Å². The third kappa shape index (κ3) is 6.91. The highest BCUT2D eigenvalue weighted by atomic mass is 19.4. The predicted octanol–water partition coefficient (Wildman–Crippen LogP) is 3.85. The van der Waals surface area contributed by atoms with E-state index in [0.717, 1.165) is 24.1 Å². The first kappa shape index (κ1) is 25.9. The lowest BCUT2D eigenvalue weighted by atomic mass is 10.1. The van der Waals surface area contributed by atoms with E-state index in [-0.39, 0.29) is 42.2 Å². The number of hydrogen-bond donors (Lipinski definition) is 1. The molecule has 0 aliphatic rings. The minimum Gasteiger partial charge on any atom is -0.456 e. The third-order valence-electron chi connectivity index (χ3n) is 5.47. The van der Waals surface area contributed by atoms with Gasteiger partial charge in [0.1, 0.15) is 5.69 Å². The van der Waals surface area contributed by atoms with Crippen molar-refractivity contribution >= 4 is 22.9 Å². The van der Waals surface area contributed by atoms with Gasteiger partial charge in [0, 0.05) is 12.5 Å². The molecule has 1 amide bonds. The van der Waals surface area contributed by atoms with Gasteiger partial charge >= 0.3 is 12.1 Å². The first-order valence-corrected chi connectivity index (χ1v) is 11.2. The lowest BCUT2D eigenvalue weighted by Crippen LogP contribution is -2.35. The highest BCUT2D eigenvalue weighted by Gasteiger charge is 2.31. The van der Waals surface area contributed by atoms with Gasteiger partial charge in [0.25, 0.3) is 11.5 Å². The molecule has 7 nitrogen and oxygen atoms in total. The number of ether oxygens (including phenoxy) is 1. The Balaban J connectivity index is 1.85. The summed E-state index contributed by atoms with van der Waals surface area (Å²) >= 11 is 0. The SMILES string of the molecule is CCC(C)NC(=O)COC(=O)CCc1nc2cc(C(F)(F)F)ccc2n(Cc2ccccc2)c1=O. The molecular weight excluding hydrogens is 463 g/mol. The van der Waals surface area contributed by atoms with E-state index in [4.69, 9.17) is 4.74 Å². The molecule has 0 fully saturated rings. The highest BCUT2D eigenvalue weighted by molar-refractivity contribution is 5.81. The zero-order chi connectivity index (χ0) is 25.6. The van der Waals surface area contributed by atoms with Crippen LogP contribution in [0.2, 0.25) is 0 Å². The maximum Gasteiger partial charge on any atom is 0.416 e. The number of hydrogen-bond acceptors (Lipinski definition) is 5. The molecule has 0 spiro atoms. The van der Waals surface area contributed by atoms with Crippen molar-refractivity contribution in [3.8, 4) is 0 Å². The molecule has 3 rings (SSSR count). The maximum atomic E-state index is 13.3. The summed E-state index contributed by atoms with van der Waals surface area (Å²) in [6.45, 7) is 3.38. The molecule has 10 heteroatoms. The smallest absolute Gasteiger partial charge is 0.416 e. The molecule has 1 unspecified atom stereocenters. The summed E-state index contributed by atoms with van der Waals surface area (Å²) < 4.78 is 46.1. The predicted molar refractivity (Wildman–Crippen MR) is 124 cm³/mol. The summed E-state index contributed by atoms with van der Waals surface area (Å²) in [4.78, 5) is 41.2. The number of esters is 1. The summed E-state index contributed by atoms with van der Waals surface area (Å²) in [6.07, 6.45) is -4.25. The molecular formula is C25H26F3N3O4. The van der Waals surface area contributed by atoms with Gasteiger partial charge in [-0.3, -0.25) is 14.4 Å². The van der Waals surface area contributed by atoms with E-state index in [0.29, 0.717) is 0 Å². The van der Waals surface area contributed by atoms with Gasteiger partial charge < -0.3 is 14.6 Å². The summed E-state index contributed by atoms with van der Waals surface area (Å²) in [7, 11) is 0. The number of carbonyl (C=O) groups is 2. The Labute approximate surface area is 199 Å². The molecule has 0 saturated carbocycles. The first-order valence-electron chi connectivity index (χ1n) is 11.2. The first-order chi connectivity index (χ1) is 16.6. The normalized spacial score (nSPS) is 12.4. The fourth-order valence-corrected chi connectivity index (χ4v) is 3.42.